The highest BCUT2D eigenvalue weighted by molar-refractivity contribution is 7.90. The highest BCUT2D eigenvalue weighted by atomic mass is 32.2. The third kappa shape index (κ3) is 3.07. The SMILES string of the molecule is O=S(=O)(NC[C@H]1CCC[C@]2(CCN(C3CCC3)C2)O1)C1CC1. The van der Waals surface area contributed by atoms with Crippen LogP contribution in [0.25, 0.3) is 0 Å². The van der Waals surface area contributed by atoms with Crippen molar-refractivity contribution in [3.63, 3.8) is 0 Å². The normalized spacial score (nSPS) is 37.5. The zero-order valence-corrected chi connectivity index (χ0v) is 14.1. The summed E-state index contributed by atoms with van der Waals surface area (Å²) in [6.07, 6.45) is 10.2. The number of ether oxygens (including phenoxy) is 1. The maximum atomic E-state index is 12.0. The van der Waals surface area contributed by atoms with Gasteiger partial charge in [0.2, 0.25) is 10.0 Å². The van der Waals surface area contributed by atoms with Crippen molar-refractivity contribution >= 4 is 10.0 Å². The molecule has 5 nitrogen and oxygen atoms in total. The molecule has 0 bridgehead atoms. The van der Waals surface area contributed by atoms with Crippen molar-refractivity contribution in [2.45, 2.75) is 80.8 Å². The lowest BCUT2D eigenvalue weighted by atomic mass is 9.89. The molecule has 4 aliphatic rings. The lowest BCUT2D eigenvalue weighted by molar-refractivity contribution is -0.120. The Labute approximate surface area is 133 Å². The molecule has 0 aromatic carbocycles. The van der Waals surface area contributed by atoms with E-state index in [4.69, 9.17) is 4.74 Å². The molecule has 1 N–H and O–H groups in total. The Morgan fingerprint density at radius 1 is 1.09 bits per heavy atom. The maximum absolute atomic E-state index is 12.0. The van der Waals surface area contributed by atoms with Gasteiger partial charge in [-0.15, -0.1) is 0 Å². The number of likely N-dealkylation sites (tertiary alicyclic amines) is 1. The fraction of sp³-hybridized carbons (Fsp3) is 1.00. The lowest BCUT2D eigenvalue weighted by Gasteiger charge is -2.41. The minimum atomic E-state index is -3.08. The Kier molecular flexibility index (Phi) is 4.00. The molecule has 2 heterocycles. The summed E-state index contributed by atoms with van der Waals surface area (Å²) in [5.41, 5.74) is 0.00350. The summed E-state index contributed by atoms with van der Waals surface area (Å²) in [7, 11) is -3.08. The summed E-state index contributed by atoms with van der Waals surface area (Å²) in [6, 6.07) is 0.789. The molecule has 4 fully saturated rings. The molecule has 0 unspecified atom stereocenters. The molecule has 4 rings (SSSR count). The monoisotopic (exact) mass is 328 g/mol. The van der Waals surface area contributed by atoms with Crippen LogP contribution in [0.2, 0.25) is 0 Å². The van der Waals surface area contributed by atoms with Crippen LogP contribution in [0.4, 0.5) is 0 Å². The van der Waals surface area contributed by atoms with E-state index < -0.39 is 10.0 Å². The smallest absolute Gasteiger partial charge is 0.214 e. The second-order valence-electron chi connectivity index (χ2n) is 7.71. The molecule has 0 amide bonds. The van der Waals surface area contributed by atoms with E-state index in [0.29, 0.717) is 6.54 Å². The first-order chi connectivity index (χ1) is 10.6. The van der Waals surface area contributed by atoms with Crippen molar-refractivity contribution in [2.24, 2.45) is 0 Å². The molecule has 6 heteroatoms. The van der Waals surface area contributed by atoms with Gasteiger partial charge in [-0.25, -0.2) is 13.1 Å². The molecule has 2 aliphatic heterocycles. The minimum absolute atomic E-state index is 0.00350. The van der Waals surface area contributed by atoms with Gasteiger partial charge in [-0.3, -0.25) is 4.90 Å². The van der Waals surface area contributed by atoms with Gasteiger partial charge < -0.3 is 4.74 Å². The van der Waals surface area contributed by atoms with Crippen LogP contribution in [-0.4, -0.2) is 55.9 Å². The Bertz CT molecular complexity index is 515. The summed E-state index contributed by atoms with van der Waals surface area (Å²) >= 11 is 0. The summed E-state index contributed by atoms with van der Waals surface area (Å²) < 4.78 is 33.1. The first-order valence-corrected chi connectivity index (χ1v) is 10.5. The van der Waals surface area contributed by atoms with Gasteiger partial charge in [-0.2, -0.15) is 0 Å². The Morgan fingerprint density at radius 2 is 1.91 bits per heavy atom. The molecule has 0 radical (unpaired) electrons. The summed E-state index contributed by atoms with van der Waals surface area (Å²) in [5.74, 6) is 0. The standard InChI is InChI=1S/C16H28N2O3S/c19-22(20,15-6-7-15)17-11-14-5-2-8-16(21-14)9-10-18(12-16)13-3-1-4-13/h13-15,17H,1-12H2/t14-,16-/m1/s1. The third-order valence-corrected chi connectivity index (χ3v) is 7.91. The average Bonchev–Trinajstić information content (AvgIpc) is 3.22. The zero-order valence-electron chi connectivity index (χ0n) is 13.3. The Morgan fingerprint density at radius 3 is 2.59 bits per heavy atom. The van der Waals surface area contributed by atoms with Crippen molar-refractivity contribution < 1.29 is 13.2 Å². The molecule has 22 heavy (non-hydrogen) atoms. The molecule has 126 valence electrons. The van der Waals surface area contributed by atoms with E-state index in [1.807, 2.05) is 0 Å². The van der Waals surface area contributed by atoms with Gasteiger partial charge in [0.15, 0.2) is 0 Å². The number of nitrogens with zero attached hydrogens (tertiary/aromatic N) is 1. The van der Waals surface area contributed by atoms with Crippen LogP contribution in [0.3, 0.4) is 0 Å². The second-order valence-corrected chi connectivity index (χ2v) is 9.76. The van der Waals surface area contributed by atoms with Crippen LogP contribution in [-0.2, 0) is 14.8 Å². The van der Waals surface area contributed by atoms with Crippen molar-refractivity contribution in [3.05, 3.63) is 0 Å². The fourth-order valence-corrected chi connectivity index (χ4v) is 5.62. The molecule has 2 saturated heterocycles. The number of rotatable bonds is 5. The van der Waals surface area contributed by atoms with Crippen molar-refractivity contribution in [1.29, 1.82) is 0 Å². The fourth-order valence-electron chi connectivity index (χ4n) is 4.21. The number of hydrogen-bond acceptors (Lipinski definition) is 4. The first kappa shape index (κ1) is 15.4. The summed E-state index contributed by atoms with van der Waals surface area (Å²) in [5, 5.41) is -0.134. The van der Waals surface area contributed by atoms with Crippen LogP contribution < -0.4 is 4.72 Å². The number of hydrogen-bond donors (Lipinski definition) is 1. The number of nitrogens with one attached hydrogen (secondary N) is 1. The van der Waals surface area contributed by atoms with Crippen LogP contribution in [0.5, 0.6) is 0 Å². The lowest BCUT2D eigenvalue weighted by Crippen LogP contribution is -2.48. The molecule has 0 aromatic rings. The second kappa shape index (κ2) is 5.72. The molecule has 0 aromatic heterocycles. The molecule has 2 aliphatic carbocycles. The quantitative estimate of drug-likeness (QED) is 0.833. The third-order valence-electron chi connectivity index (χ3n) is 5.99. The van der Waals surface area contributed by atoms with Gasteiger partial charge in [0, 0.05) is 25.7 Å². The van der Waals surface area contributed by atoms with E-state index in [2.05, 4.69) is 9.62 Å². The zero-order chi connectivity index (χ0) is 15.2. The van der Waals surface area contributed by atoms with Crippen LogP contribution in [0, 0.1) is 0 Å². The van der Waals surface area contributed by atoms with E-state index in [-0.39, 0.29) is 17.0 Å². The minimum Gasteiger partial charge on any atom is -0.369 e. The molecule has 1 spiro atoms. The Balaban J connectivity index is 1.31. The predicted molar refractivity (Wildman–Crippen MR) is 85.2 cm³/mol. The maximum Gasteiger partial charge on any atom is 0.214 e. The van der Waals surface area contributed by atoms with Crippen LogP contribution in [0.1, 0.15) is 57.8 Å². The predicted octanol–water partition coefficient (Wildman–Crippen LogP) is 1.63. The van der Waals surface area contributed by atoms with E-state index in [1.54, 1.807) is 0 Å². The van der Waals surface area contributed by atoms with E-state index >= 15 is 0 Å². The van der Waals surface area contributed by atoms with Gasteiger partial charge in [-0.1, -0.05) is 6.42 Å². The van der Waals surface area contributed by atoms with Crippen LogP contribution >= 0.6 is 0 Å². The van der Waals surface area contributed by atoms with E-state index in [0.717, 1.165) is 57.7 Å². The molecule has 2 atom stereocenters. The highest BCUT2D eigenvalue weighted by Crippen LogP contribution is 2.39. The van der Waals surface area contributed by atoms with Gasteiger partial charge in [0.25, 0.3) is 0 Å². The average molecular weight is 328 g/mol. The van der Waals surface area contributed by atoms with E-state index in [9.17, 15) is 8.42 Å². The summed E-state index contributed by atoms with van der Waals surface area (Å²) in [4.78, 5) is 2.61. The van der Waals surface area contributed by atoms with Crippen molar-refractivity contribution in [1.82, 2.24) is 9.62 Å². The highest BCUT2D eigenvalue weighted by Gasteiger charge is 2.45. The molecular weight excluding hydrogens is 300 g/mol. The van der Waals surface area contributed by atoms with Crippen molar-refractivity contribution in [3.8, 4) is 0 Å². The number of sulfonamides is 1. The van der Waals surface area contributed by atoms with Gasteiger partial charge in [-0.05, 0) is 51.4 Å². The van der Waals surface area contributed by atoms with Gasteiger partial charge >= 0.3 is 0 Å². The van der Waals surface area contributed by atoms with Gasteiger partial charge in [0.1, 0.15) is 0 Å². The van der Waals surface area contributed by atoms with E-state index in [1.165, 1.54) is 19.3 Å². The van der Waals surface area contributed by atoms with Crippen molar-refractivity contribution in [2.75, 3.05) is 19.6 Å². The largest absolute Gasteiger partial charge is 0.369 e. The Hall–Kier alpha value is -0.170. The van der Waals surface area contributed by atoms with Crippen LogP contribution in [0.15, 0.2) is 0 Å². The topological polar surface area (TPSA) is 58.6 Å². The van der Waals surface area contributed by atoms with Gasteiger partial charge in [0.05, 0.1) is 17.0 Å². The molecular formula is C16H28N2O3S. The molecule has 2 saturated carbocycles. The first-order valence-electron chi connectivity index (χ1n) is 8.97. The summed E-state index contributed by atoms with van der Waals surface area (Å²) in [6.45, 7) is 2.68.